The molecular weight excluding hydrogens is 202 g/mol. The third-order valence-corrected chi connectivity index (χ3v) is 2.37. The molecule has 0 spiro atoms. The predicted octanol–water partition coefficient (Wildman–Crippen LogP) is -0.0484. The van der Waals surface area contributed by atoms with Gasteiger partial charge in [0.1, 0.15) is 6.33 Å². The van der Waals surface area contributed by atoms with E-state index < -0.39 is 4.93 Å². The van der Waals surface area contributed by atoms with Crippen LogP contribution in [0.4, 0.5) is 0 Å². The lowest BCUT2D eigenvalue weighted by Crippen LogP contribution is -2.40. The van der Waals surface area contributed by atoms with Crippen molar-refractivity contribution < 1.29 is 9.53 Å². The number of likely N-dealkylation sites (N-methyl/N-ethyl adjacent to an activating group) is 1. The average molecular weight is 213 g/mol. The molecule has 1 aromatic rings. The fourth-order valence-corrected chi connectivity index (χ4v) is 1.22. The number of hydrogen-bond donors (Lipinski definition) is 2. The van der Waals surface area contributed by atoms with E-state index in [0.29, 0.717) is 5.69 Å². The summed E-state index contributed by atoms with van der Waals surface area (Å²) in [6.45, 7) is 0. The van der Waals surface area contributed by atoms with Crippen LogP contribution in [-0.2, 0) is 14.5 Å². The molecular formula is C8H11N3O2S. The summed E-state index contributed by atoms with van der Waals surface area (Å²) in [5, 5.41) is 2.45. The van der Waals surface area contributed by atoms with Crippen molar-refractivity contribution in [2.24, 2.45) is 0 Å². The molecule has 0 fully saturated rings. The number of nitrogens with one attached hydrogen (secondary N) is 1. The van der Waals surface area contributed by atoms with Crippen molar-refractivity contribution in [2.45, 2.75) is 4.93 Å². The van der Waals surface area contributed by atoms with Crippen LogP contribution in [0.3, 0.4) is 0 Å². The van der Waals surface area contributed by atoms with Gasteiger partial charge in [-0.3, -0.25) is 4.79 Å². The number of methoxy groups -OCH3 is 1. The molecule has 0 aliphatic rings. The smallest absolute Gasteiger partial charge is 0.268 e. The topological polar surface area (TPSA) is 64.1 Å². The maximum atomic E-state index is 11.5. The summed E-state index contributed by atoms with van der Waals surface area (Å²) in [7, 11) is 2.90. The Kier molecular flexibility index (Phi) is 3.43. The van der Waals surface area contributed by atoms with Crippen LogP contribution in [0.5, 0.6) is 0 Å². The first-order valence-corrected chi connectivity index (χ1v) is 4.36. The minimum atomic E-state index is -1.36. The molecule has 1 aromatic heterocycles. The van der Waals surface area contributed by atoms with Crippen molar-refractivity contribution in [3.05, 3.63) is 24.3 Å². The minimum Gasteiger partial charge on any atom is -0.356 e. The number of carbonyl (C=O) groups excluding carboxylic acids is 1. The van der Waals surface area contributed by atoms with Gasteiger partial charge in [-0.25, -0.2) is 9.97 Å². The van der Waals surface area contributed by atoms with Crippen LogP contribution >= 0.6 is 12.6 Å². The van der Waals surface area contributed by atoms with E-state index in [2.05, 4.69) is 27.9 Å². The number of amides is 1. The molecule has 0 aliphatic carbocycles. The lowest BCUT2D eigenvalue weighted by Gasteiger charge is -2.23. The van der Waals surface area contributed by atoms with Gasteiger partial charge in [-0.15, -0.1) is 12.6 Å². The quantitative estimate of drug-likeness (QED) is 0.546. The lowest BCUT2D eigenvalue weighted by atomic mass is 10.2. The zero-order valence-corrected chi connectivity index (χ0v) is 8.78. The predicted molar refractivity (Wildman–Crippen MR) is 53.8 cm³/mol. The summed E-state index contributed by atoms with van der Waals surface area (Å²) in [5.74, 6) is -0.373. The summed E-state index contributed by atoms with van der Waals surface area (Å²) in [6.07, 6.45) is 2.86. The molecule has 0 saturated heterocycles. The molecule has 0 saturated carbocycles. The van der Waals surface area contributed by atoms with E-state index in [1.807, 2.05) is 0 Å². The lowest BCUT2D eigenvalue weighted by molar-refractivity contribution is -0.134. The Labute approximate surface area is 87.3 Å². The first-order valence-electron chi connectivity index (χ1n) is 3.91. The van der Waals surface area contributed by atoms with E-state index in [1.54, 1.807) is 6.07 Å². The second kappa shape index (κ2) is 4.39. The fraction of sp³-hybridized carbons (Fsp3) is 0.375. The number of carbonyl (C=O) groups is 1. The largest absolute Gasteiger partial charge is 0.356 e. The molecule has 76 valence electrons. The standard InChI is InChI=1S/C8H11N3O2S/c1-9-7(12)8(14,13-2)6-3-4-10-5-11-6/h3-5,14H,1-2H3,(H,9,12). The second-order valence-corrected chi connectivity index (χ2v) is 3.15. The van der Waals surface area contributed by atoms with Gasteiger partial charge in [0.25, 0.3) is 5.91 Å². The van der Waals surface area contributed by atoms with Crippen LogP contribution < -0.4 is 5.32 Å². The Hall–Kier alpha value is -1.14. The number of ether oxygens (including phenoxy) is 1. The first kappa shape index (κ1) is 10.9. The zero-order chi connectivity index (χ0) is 10.6. The Morgan fingerprint density at radius 1 is 1.71 bits per heavy atom. The summed E-state index contributed by atoms with van der Waals surface area (Å²) in [6, 6.07) is 1.58. The van der Waals surface area contributed by atoms with Crippen molar-refractivity contribution in [1.29, 1.82) is 0 Å². The summed E-state index contributed by atoms with van der Waals surface area (Å²) in [4.78, 5) is 17.8. The molecule has 1 heterocycles. The molecule has 1 atom stereocenters. The number of thiol groups is 1. The maximum Gasteiger partial charge on any atom is 0.268 e. The van der Waals surface area contributed by atoms with Gasteiger partial charge in [-0.2, -0.15) is 0 Å². The van der Waals surface area contributed by atoms with E-state index in [4.69, 9.17) is 4.74 Å². The van der Waals surface area contributed by atoms with Crippen LogP contribution in [0, 0.1) is 0 Å². The van der Waals surface area contributed by atoms with E-state index in [-0.39, 0.29) is 5.91 Å². The van der Waals surface area contributed by atoms with E-state index in [0.717, 1.165) is 0 Å². The fourth-order valence-electron chi connectivity index (χ4n) is 0.974. The Bertz CT molecular complexity index is 320. The van der Waals surface area contributed by atoms with Crippen LogP contribution in [0.15, 0.2) is 18.6 Å². The molecule has 1 rings (SSSR count). The van der Waals surface area contributed by atoms with Crippen molar-refractivity contribution in [2.75, 3.05) is 14.2 Å². The third kappa shape index (κ3) is 1.85. The van der Waals surface area contributed by atoms with Gasteiger partial charge in [0.15, 0.2) is 0 Å². The maximum absolute atomic E-state index is 11.5. The number of rotatable bonds is 3. The normalized spacial score (nSPS) is 14.5. The number of nitrogens with zero attached hydrogens (tertiary/aromatic N) is 2. The Morgan fingerprint density at radius 3 is 2.86 bits per heavy atom. The molecule has 0 bridgehead atoms. The van der Waals surface area contributed by atoms with Crippen LogP contribution in [0.1, 0.15) is 5.69 Å². The van der Waals surface area contributed by atoms with Gasteiger partial charge < -0.3 is 10.1 Å². The summed E-state index contributed by atoms with van der Waals surface area (Å²) < 4.78 is 5.04. The zero-order valence-electron chi connectivity index (χ0n) is 7.89. The minimum absolute atomic E-state index is 0.373. The first-order chi connectivity index (χ1) is 6.65. The highest BCUT2D eigenvalue weighted by molar-refractivity contribution is 7.82. The van der Waals surface area contributed by atoms with Gasteiger partial charge in [-0.05, 0) is 6.07 Å². The molecule has 0 aromatic carbocycles. The molecule has 6 heteroatoms. The van der Waals surface area contributed by atoms with Crippen LogP contribution in [0.2, 0.25) is 0 Å². The van der Waals surface area contributed by atoms with Gasteiger partial charge in [0, 0.05) is 20.4 Å². The third-order valence-electron chi connectivity index (χ3n) is 1.76. The number of aromatic nitrogens is 2. The molecule has 5 nitrogen and oxygen atoms in total. The van der Waals surface area contributed by atoms with E-state index in [9.17, 15) is 4.79 Å². The van der Waals surface area contributed by atoms with Gasteiger partial charge in [0.2, 0.25) is 4.93 Å². The van der Waals surface area contributed by atoms with Gasteiger partial charge >= 0.3 is 0 Å². The molecule has 0 radical (unpaired) electrons. The van der Waals surface area contributed by atoms with E-state index in [1.165, 1.54) is 26.7 Å². The van der Waals surface area contributed by atoms with Crippen LogP contribution in [0.25, 0.3) is 0 Å². The molecule has 1 unspecified atom stereocenters. The van der Waals surface area contributed by atoms with Gasteiger partial charge in [0.05, 0.1) is 5.69 Å². The summed E-state index contributed by atoms with van der Waals surface area (Å²) in [5.41, 5.74) is 0.401. The highest BCUT2D eigenvalue weighted by Gasteiger charge is 2.37. The van der Waals surface area contributed by atoms with E-state index >= 15 is 0 Å². The average Bonchev–Trinajstić information content (AvgIpc) is 2.28. The van der Waals surface area contributed by atoms with Crippen molar-refractivity contribution in [3.8, 4) is 0 Å². The molecule has 1 amide bonds. The van der Waals surface area contributed by atoms with Crippen LogP contribution in [-0.4, -0.2) is 30.0 Å². The van der Waals surface area contributed by atoms with Crippen molar-refractivity contribution in [1.82, 2.24) is 15.3 Å². The second-order valence-electron chi connectivity index (χ2n) is 2.52. The highest BCUT2D eigenvalue weighted by Crippen LogP contribution is 2.27. The van der Waals surface area contributed by atoms with Gasteiger partial charge in [-0.1, -0.05) is 0 Å². The molecule has 1 N–H and O–H groups in total. The molecule has 0 aliphatic heterocycles. The monoisotopic (exact) mass is 213 g/mol. The highest BCUT2D eigenvalue weighted by atomic mass is 32.1. The Balaban J connectivity index is 3.08. The Morgan fingerprint density at radius 2 is 2.43 bits per heavy atom. The SMILES string of the molecule is CNC(=O)C(S)(OC)c1ccncn1. The summed E-state index contributed by atoms with van der Waals surface area (Å²) >= 11 is 4.16. The number of hydrogen-bond acceptors (Lipinski definition) is 5. The van der Waals surface area contributed by atoms with Crippen molar-refractivity contribution in [3.63, 3.8) is 0 Å². The molecule has 14 heavy (non-hydrogen) atoms. The van der Waals surface area contributed by atoms with Crippen molar-refractivity contribution >= 4 is 18.5 Å².